The number of amides is 3. The highest BCUT2D eigenvalue weighted by atomic mass is 16.3. The molecule has 0 saturated heterocycles. The van der Waals surface area contributed by atoms with Crippen LogP contribution in [-0.4, -0.2) is 41.2 Å². The molecule has 0 saturated carbocycles. The van der Waals surface area contributed by atoms with Gasteiger partial charge in [0.05, 0.1) is 12.8 Å². The van der Waals surface area contributed by atoms with Gasteiger partial charge in [0.2, 0.25) is 11.8 Å². The van der Waals surface area contributed by atoms with E-state index in [0.717, 1.165) is 0 Å². The summed E-state index contributed by atoms with van der Waals surface area (Å²) in [6.45, 7) is 7.01. The lowest BCUT2D eigenvalue weighted by Crippen LogP contribution is -2.54. The number of carbonyl (C=O) groups excluding carboxylic acids is 3. The highest BCUT2D eigenvalue weighted by Crippen LogP contribution is 2.11. The molecule has 1 aromatic rings. The van der Waals surface area contributed by atoms with Crippen molar-refractivity contribution in [1.82, 2.24) is 10.2 Å². The molecule has 0 aliphatic rings. The fourth-order valence-electron chi connectivity index (χ4n) is 2.00. The molecule has 1 aromatic heterocycles. The summed E-state index contributed by atoms with van der Waals surface area (Å²) in [5.74, 6) is -1.43. The van der Waals surface area contributed by atoms with Crippen LogP contribution >= 0.6 is 0 Å². The maximum atomic E-state index is 12.6. The first-order valence-electron chi connectivity index (χ1n) is 7.17. The monoisotopic (exact) mass is 309 g/mol. The Balaban J connectivity index is 2.91. The molecule has 1 rings (SSSR count). The number of primary amides is 1. The molecule has 1 unspecified atom stereocenters. The number of nitrogens with two attached hydrogens (primary N) is 1. The van der Waals surface area contributed by atoms with Crippen LogP contribution in [0.1, 0.15) is 38.2 Å². The van der Waals surface area contributed by atoms with Gasteiger partial charge in [-0.3, -0.25) is 14.4 Å². The molecule has 3 amide bonds. The van der Waals surface area contributed by atoms with Crippen molar-refractivity contribution < 1.29 is 18.8 Å². The number of nitrogens with zero attached hydrogens (tertiary/aromatic N) is 1. The maximum absolute atomic E-state index is 12.6. The molecule has 3 N–H and O–H groups in total. The van der Waals surface area contributed by atoms with E-state index in [1.165, 1.54) is 17.2 Å². The lowest BCUT2D eigenvalue weighted by molar-refractivity contribution is -0.139. The lowest BCUT2D eigenvalue weighted by atomic mass is 10.0. The Morgan fingerprint density at radius 1 is 1.27 bits per heavy atom. The van der Waals surface area contributed by atoms with E-state index in [1.54, 1.807) is 19.9 Å². The molecule has 1 heterocycles. The second-order valence-corrected chi connectivity index (χ2v) is 5.70. The predicted octanol–water partition coefficient (Wildman–Crippen LogP) is 0.756. The quantitative estimate of drug-likeness (QED) is 0.775. The summed E-state index contributed by atoms with van der Waals surface area (Å²) in [6.07, 6.45) is 1.38. The maximum Gasteiger partial charge on any atom is 0.287 e. The summed E-state index contributed by atoms with van der Waals surface area (Å²) >= 11 is 0. The van der Waals surface area contributed by atoms with E-state index in [4.69, 9.17) is 10.2 Å². The molecule has 7 nitrogen and oxygen atoms in total. The molecule has 0 spiro atoms. The lowest BCUT2D eigenvalue weighted by Gasteiger charge is -2.31. The van der Waals surface area contributed by atoms with Crippen LogP contribution in [0.3, 0.4) is 0 Å². The van der Waals surface area contributed by atoms with Crippen LogP contribution in [0.5, 0.6) is 0 Å². The van der Waals surface area contributed by atoms with Gasteiger partial charge in [0.25, 0.3) is 5.91 Å². The zero-order valence-electron chi connectivity index (χ0n) is 13.3. The highest BCUT2D eigenvalue weighted by molar-refractivity contribution is 5.96. The van der Waals surface area contributed by atoms with E-state index in [9.17, 15) is 14.4 Å². The second-order valence-electron chi connectivity index (χ2n) is 5.70. The fourth-order valence-corrected chi connectivity index (χ4v) is 2.00. The molecule has 0 fully saturated rings. The van der Waals surface area contributed by atoms with Crippen molar-refractivity contribution in [2.24, 2.45) is 11.7 Å². The van der Waals surface area contributed by atoms with Crippen LogP contribution < -0.4 is 11.1 Å². The van der Waals surface area contributed by atoms with E-state index >= 15 is 0 Å². The largest absolute Gasteiger partial charge is 0.459 e. The van der Waals surface area contributed by atoms with Crippen molar-refractivity contribution in [2.45, 2.75) is 39.8 Å². The van der Waals surface area contributed by atoms with Gasteiger partial charge < -0.3 is 20.4 Å². The van der Waals surface area contributed by atoms with E-state index in [1.807, 2.05) is 13.8 Å². The van der Waals surface area contributed by atoms with Crippen LogP contribution in [0, 0.1) is 5.92 Å². The molecule has 0 radical (unpaired) electrons. The summed E-state index contributed by atoms with van der Waals surface area (Å²) in [7, 11) is 0. The Morgan fingerprint density at radius 2 is 1.91 bits per heavy atom. The SMILES string of the molecule is CC(C)C(NC(=O)c1ccco1)C(=O)N(CC(N)=O)C(C)C. The number of hydrogen-bond acceptors (Lipinski definition) is 4. The van der Waals surface area contributed by atoms with Crippen molar-refractivity contribution in [2.75, 3.05) is 6.54 Å². The van der Waals surface area contributed by atoms with Crippen LogP contribution in [0.25, 0.3) is 0 Å². The Hall–Kier alpha value is -2.31. The molecule has 1 atom stereocenters. The minimum Gasteiger partial charge on any atom is -0.459 e. The Morgan fingerprint density at radius 3 is 2.32 bits per heavy atom. The normalized spacial score (nSPS) is 12.3. The number of hydrogen-bond donors (Lipinski definition) is 2. The van der Waals surface area contributed by atoms with E-state index in [-0.39, 0.29) is 30.2 Å². The fraction of sp³-hybridized carbons (Fsp3) is 0.533. The summed E-state index contributed by atoms with van der Waals surface area (Å²) in [4.78, 5) is 37.2. The number of carbonyl (C=O) groups is 3. The minimum atomic E-state index is -0.764. The van der Waals surface area contributed by atoms with Crippen LogP contribution in [-0.2, 0) is 9.59 Å². The molecule has 0 aromatic carbocycles. The average Bonchev–Trinajstić information content (AvgIpc) is 2.94. The molecule has 122 valence electrons. The first kappa shape index (κ1) is 17.7. The molecular weight excluding hydrogens is 286 g/mol. The van der Waals surface area contributed by atoms with Gasteiger partial charge >= 0.3 is 0 Å². The third-order valence-electron chi connectivity index (χ3n) is 3.20. The van der Waals surface area contributed by atoms with E-state index < -0.39 is 17.9 Å². The van der Waals surface area contributed by atoms with Gasteiger partial charge in [-0.2, -0.15) is 0 Å². The zero-order chi connectivity index (χ0) is 16.9. The second kappa shape index (κ2) is 7.63. The Bertz CT molecular complexity index is 523. The summed E-state index contributed by atoms with van der Waals surface area (Å²) < 4.78 is 5.02. The summed E-state index contributed by atoms with van der Waals surface area (Å²) in [6, 6.07) is 2.14. The van der Waals surface area contributed by atoms with Crippen molar-refractivity contribution in [3.63, 3.8) is 0 Å². The predicted molar refractivity (Wildman–Crippen MR) is 80.8 cm³/mol. The van der Waals surface area contributed by atoms with E-state index in [0.29, 0.717) is 0 Å². The summed E-state index contributed by atoms with van der Waals surface area (Å²) in [5.41, 5.74) is 5.19. The topological polar surface area (TPSA) is 106 Å². The van der Waals surface area contributed by atoms with Crippen molar-refractivity contribution in [3.05, 3.63) is 24.2 Å². The first-order valence-corrected chi connectivity index (χ1v) is 7.17. The number of nitrogens with one attached hydrogen (secondary N) is 1. The van der Waals surface area contributed by atoms with Crippen LogP contribution in [0.15, 0.2) is 22.8 Å². The van der Waals surface area contributed by atoms with Gasteiger partial charge in [-0.15, -0.1) is 0 Å². The van der Waals surface area contributed by atoms with Crippen molar-refractivity contribution in [1.29, 1.82) is 0 Å². The van der Waals surface area contributed by atoms with E-state index in [2.05, 4.69) is 5.32 Å². The van der Waals surface area contributed by atoms with Gasteiger partial charge in [0, 0.05) is 6.04 Å². The summed E-state index contributed by atoms with van der Waals surface area (Å²) in [5, 5.41) is 2.65. The van der Waals surface area contributed by atoms with Gasteiger partial charge in [-0.05, 0) is 31.9 Å². The van der Waals surface area contributed by atoms with Crippen molar-refractivity contribution in [3.8, 4) is 0 Å². The highest BCUT2D eigenvalue weighted by Gasteiger charge is 2.31. The first-order chi connectivity index (χ1) is 10.2. The molecule has 0 aliphatic heterocycles. The van der Waals surface area contributed by atoms with Gasteiger partial charge in [-0.1, -0.05) is 13.8 Å². The third kappa shape index (κ3) is 4.61. The zero-order valence-corrected chi connectivity index (χ0v) is 13.3. The molecule has 7 heteroatoms. The Kier molecular flexibility index (Phi) is 6.15. The van der Waals surface area contributed by atoms with Gasteiger partial charge in [0.15, 0.2) is 5.76 Å². The molecule has 0 bridgehead atoms. The minimum absolute atomic E-state index is 0.129. The molecule has 22 heavy (non-hydrogen) atoms. The average molecular weight is 309 g/mol. The van der Waals surface area contributed by atoms with Gasteiger partial charge in [-0.25, -0.2) is 0 Å². The number of rotatable bonds is 7. The molecular formula is C15H23N3O4. The Labute approximate surface area is 129 Å². The molecule has 0 aliphatic carbocycles. The van der Waals surface area contributed by atoms with Gasteiger partial charge in [0.1, 0.15) is 6.04 Å². The van der Waals surface area contributed by atoms with Crippen LogP contribution in [0.2, 0.25) is 0 Å². The smallest absolute Gasteiger partial charge is 0.287 e. The van der Waals surface area contributed by atoms with Crippen LogP contribution in [0.4, 0.5) is 0 Å². The third-order valence-corrected chi connectivity index (χ3v) is 3.20. The van der Waals surface area contributed by atoms with Crippen molar-refractivity contribution >= 4 is 17.7 Å². The standard InChI is InChI=1S/C15H23N3O4/c1-9(2)13(17-14(20)11-6-5-7-22-11)15(21)18(10(3)4)8-12(16)19/h5-7,9-10,13H,8H2,1-4H3,(H2,16,19)(H,17,20). The number of furan rings is 1.